The molecule has 8 heteroatoms. The largest absolute Gasteiger partial charge is 0.497 e. The molecular weight excluding hydrogens is 464 g/mol. The third-order valence-corrected chi connectivity index (χ3v) is 6.11. The Hall–Kier alpha value is -5.24. The van der Waals surface area contributed by atoms with Crippen LogP contribution in [0.5, 0.6) is 5.75 Å². The number of nitrogens with one attached hydrogen (secondary N) is 2. The van der Waals surface area contributed by atoms with E-state index in [-0.39, 0.29) is 5.56 Å². The van der Waals surface area contributed by atoms with Crippen LogP contribution in [0.15, 0.2) is 108 Å². The first-order chi connectivity index (χ1) is 18.2. The summed E-state index contributed by atoms with van der Waals surface area (Å²) < 4.78 is 6.75. The molecule has 0 atom stereocenters. The number of hydrogen-bond acceptors (Lipinski definition) is 6. The van der Waals surface area contributed by atoms with Crippen LogP contribution in [0.3, 0.4) is 0 Å². The van der Waals surface area contributed by atoms with Crippen LogP contribution in [0, 0.1) is 0 Å². The summed E-state index contributed by atoms with van der Waals surface area (Å²) >= 11 is 0. The van der Waals surface area contributed by atoms with Gasteiger partial charge in [-0.25, -0.2) is 9.97 Å². The van der Waals surface area contributed by atoms with E-state index in [2.05, 4.69) is 20.3 Å². The molecule has 0 aliphatic rings. The molecule has 0 saturated carbocycles. The van der Waals surface area contributed by atoms with E-state index in [1.807, 2.05) is 84.9 Å². The molecule has 0 amide bonds. The number of aromatic nitrogens is 5. The van der Waals surface area contributed by atoms with Crippen molar-refractivity contribution in [2.75, 3.05) is 12.4 Å². The minimum Gasteiger partial charge on any atom is -0.497 e. The average Bonchev–Trinajstić information content (AvgIpc) is 3.35. The Bertz CT molecular complexity index is 1730. The molecule has 3 aromatic carbocycles. The molecule has 3 heterocycles. The van der Waals surface area contributed by atoms with Crippen molar-refractivity contribution in [3.63, 3.8) is 0 Å². The molecule has 3 aromatic heterocycles. The molecule has 0 fully saturated rings. The van der Waals surface area contributed by atoms with Gasteiger partial charge in [0.15, 0.2) is 0 Å². The first-order valence-electron chi connectivity index (χ1n) is 11.7. The van der Waals surface area contributed by atoms with Gasteiger partial charge in [0.05, 0.1) is 18.2 Å². The van der Waals surface area contributed by atoms with Crippen molar-refractivity contribution in [3.05, 3.63) is 114 Å². The summed E-state index contributed by atoms with van der Waals surface area (Å²) in [5, 5.41) is 8.10. The summed E-state index contributed by atoms with van der Waals surface area (Å²) in [7, 11) is 1.61. The Morgan fingerprint density at radius 3 is 2.14 bits per heavy atom. The molecule has 0 radical (unpaired) electrons. The van der Waals surface area contributed by atoms with E-state index >= 15 is 0 Å². The van der Waals surface area contributed by atoms with Crippen LogP contribution >= 0.6 is 0 Å². The highest BCUT2D eigenvalue weighted by Gasteiger charge is 2.23. The highest BCUT2D eigenvalue weighted by atomic mass is 16.5. The zero-order valence-corrected chi connectivity index (χ0v) is 19.9. The van der Waals surface area contributed by atoms with Crippen molar-refractivity contribution in [2.24, 2.45) is 0 Å². The lowest BCUT2D eigenvalue weighted by Crippen LogP contribution is -2.19. The molecule has 0 unspecified atom stereocenters. The topological polar surface area (TPSA) is 97.2 Å². The Labute approximate surface area is 212 Å². The minimum atomic E-state index is -0.269. The molecule has 8 nitrogen and oxygen atoms in total. The zero-order valence-electron chi connectivity index (χ0n) is 19.9. The van der Waals surface area contributed by atoms with Gasteiger partial charge in [-0.2, -0.15) is 9.61 Å². The van der Waals surface area contributed by atoms with E-state index < -0.39 is 0 Å². The number of fused-ring (bicyclic) bond motifs is 1. The van der Waals surface area contributed by atoms with Gasteiger partial charge in [0.25, 0.3) is 5.56 Å². The lowest BCUT2D eigenvalue weighted by molar-refractivity contribution is 0.415. The normalized spacial score (nSPS) is 10.9. The van der Waals surface area contributed by atoms with Crippen molar-refractivity contribution in [1.29, 1.82) is 0 Å². The Balaban J connectivity index is 1.67. The van der Waals surface area contributed by atoms with Crippen molar-refractivity contribution in [3.8, 4) is 39.3 Å². The first kappa shape index (κ1) is 22.2. The zero-order chi connectivity index (χ0) is 25.2. The first-order valence-corrected chi connectivity index (χ1v) is 11.7. The van der Waals surface area contributed by atoms with E-state index in [1.54, 1.807) is 19.4 Å². The number of ether oxygens (including phenoxy) is 1. The number of H-pyrrole nitrogens is 1. The van der Waals surface area contributed by atoms with Crippen molar-refractivity contribution in [1.82, 2.24) is 24.6 Å². The van der Waals surface area contributed by atoms with Gasteiger partial charge in [-0.3, -0.25) is 4.79 Å². The SMILES string of the molecule is COc1ccc(-c2c(Nc3ccncn3)[nH]c3c(-c4ccccc4)c(-c4ccccc4)nn3c2=O)cc1. The highest BCUT2D eigenvalue weighted by molar-refractivity contribution is 5.92. The van der Waals surface area contributed by atoms with Gasteiger partial charge in [0.1, 0.15) is 35.1 Å². The third kappa shape index (κ3) is 4.10. The number of benzene rings is 3. The monoisotopic (exact) mass is 486 g/mol. The van der Waals surface area contributed by atoms with Gasteiger partial charge < -0.3 is 15.0 Å². The van der Waals surface area contributed by atoms with Crippen LogP contribution in [-0.4, -0.2) is 31.7 Å². The van der Waals surface area contributed by atoms with E-state index in [4.69, 9.17) is 9.84 Å². The summed E-state index contributed by atoms with van der Waals surface area (Å²) in [5.74, 6) is 1.75. The fourth-order valence-electron chi connectivity index (χ4n) is 4.36. The lowest BCUT2D eigenvalue weighted by atomic mass is 10.0. The number of aromatic amines is 1. The van der Waals surface area contributed by atoms with Gasteiger partial charge in [-0.05, 0) is 29.3 Å². The second kappa shape index (κ2) is 9.43. The molecule has 6 rings (SSSR count). The van der Waals surface area contributed by atoms with Gasteiger partial charge in [0.2, 0.25) is 0 Å². The summed E-state index contributed by atoms with van der Waals surface area (Å²) in [6.07, 6.45) is 3.09. The average molecular weight is 487 g/mol. The number of rotatable bonds is 6. The molecule has 0 spiro atoms. The predicted octanol–water partition coefficient (Wildman–Crippen LogP) is 5.57. The van der Waals surface area contributed by atoms with E-state index in [0.29, 0.717) is 39.9 Å². The molecule has 2 N–H and O–H groups in total. The maximum absolute atomic E-state index is 14.1. The fraction of sp³-hybridized carbons (Fsp3) is 0.0345. The van der Waals surface area contributed by atoms with Gasteiger partial charge in [-0.1, -0.05) is 72.8 Å². The van der Waals surface area contributed by atoms with Crippen LogP contribution < -0.4 is 15.6 Å². The quantitative estimate of drug-likeness (QED) is 0.320. The van der Waals surface area contributed by atoms with Gasteiger partial charge >= 0.3 is 0 Å². The third-order valence-electron chi connectivity index (χ3n) is 6.11. The smallest absolute Gasteiger partial charge is 0.284 e. The van der Waals surface area contributed by atoms with E-state index in [9.17, 15) is 4.79 Å². The standard InChI is InChI=1S/C29H22N6O2/c1-37-22-14-12-20(13-15-22)25-27(32-23-16-17-30-18-31-23)33-28-24(19-8-4-2-5-9-19)26(34-35(28)29(25)36)21-10-6-3-7-11-21/h2-18,33H,1H3,(H,30,31,32). The summed E-state index contributed by atoms with van der Waals surface area (Å²) in [4.78, 5) is 25.9. The second-order valence-corrected chi connectivity index (χ2v) is 8.34. The lowest BCUT2D eigenvalue weighted by Gasteiger charge is -2.13. The molecule has 0 saturated heterocycles. The van der Waals surface area contributed by atoms with E-state index in [0.717, 1.165) is 16.7 Å². The molecule has 180 valence electrons. The highest BCUT2D eigenvalue weighted by Crippen LogP contribution is 2.36. The van der Waals surface area contributed by atoms with Gasteiger partial charge in [0, 0.05) is 11.8 Å². The van der Waals surface area contributed by atoms with Crippen LogP contribution in [0.1, 0.15) is 0 Å². The van der Waals surface area contributed by atoms with Crippen LogP contribution in [0.4, 0.5) is 11.6 Å². The Morgan fingerprint density at radius 2 is 1.49 bits per heavy atom. The van der Waals surface area contributed by atoms with E-state index in [1.165, 1.54) is 10.8 Å². The minimum absolute atomic E-state index is 0.269. The molecule has 0 aliphatic carbocycles. The van der Waals surface area contributed by atoms with Gasteiger partial charge in [-0.15, -0.1) is 0 Å². The predicted molar refractivity (Wildman–Crippen MR) is 144 cm³/mol. The number of nitrogens with zero attached hydrogens (tertiary/aromatic N) is 4. The second-order valence-electron chi connectivity index (χ2n) is 8.34. The summed E-state index contributed by atoms with van der Waals surface area (Å²) in [6, 6.07) is 28.9. The number of hydrogen-bond donors (Lipinski definition) is 2. The number of methoxy groups -OCH3 is 1. The molecular formula is C29H22N6O2. The Morgan fingerprint density at radius 1 is 0.811 bits per heavy atom. The van der Waals surface area contributed by atoms with Crippen molar-refractivity contribution in [2.45, 2.75) is 0 Å². The summed E-state index contributed by atoms with van der Waals surface area (Å²) in [6.45, 7) is 0. The molecule has 0 aliphatic heterocycles. The summed E-state index contributed by atoms with van der Waals surface area (Å²) in [5.41, 5.74) is 4.83. The molecule has 37 heavy (non-hydrogen) atoms. The molecule has 0 bridgehead atoms. The maximum Gasteiger partial charge on any atom is 0.284 e. The number of anilines is 2. The van der Waals surface area contributed by atoms with Crippen molar-refractivity contribution >= 4 is 17.3 Å². The molecule has 6 aromatic rings. The van der Waals surface area contributed by atoms with Crippen molar-refractivity contribution < 1.29 is 4.74 Å². The fourth-order valence-corrected chi connectivity index (χ4v) is 4.36. The Kier molecular flexibility index (Phi) is 5.67. The van der Waals surface area contributed by atoms with Crippen LogP contribution in [-0.2, 0) is 0 Å². The van der Waals surface area contributed by atoms with Crippen LogP contribution in [0.25, 0.3) is 39.2 Å². The van der Waals surface area contributed by atoms with Crippen LogP contribution in [0.2, 0.25) is 0 Å². The maximum atomic E-state index is 14.1.